The van der Waals surface area contributed by atoms with Crippen molar-refractivity contribution in [2.75, 3.05) is 16.3 Å². The van der Waals surface area contributed by atoms with Gasteiger partial charge in [-0.25, -0.2) is 4.98 Å². The Balaban J connectivity index is 1.65. The molecule has 3 aromatic carbocycles. The van der Waals surface area contributed by atoms with Gasteiger partial charge in [0, 0.05) is 31.6 Å². The summed E-state index contributed by atoms with van der Waals surface area (Å²) in [6.07, 6.45) is 5.66. The predicted molar refractivity (Wildman–Crippen MR) is 143 cm³/mol. The van der Waals surface area contributed by atoms with Gasteiger partial charge in [0.05, 0.1) is 48.1 Å². The lowest BCUT2D eigenvalue weighted by Gasteiger charge is -2.31. The van der Waals surface area contributed by atoms with Gasteiger partial charge in [-0.3, -0.25) is 8.61 Å². The number of nitrogens with zero attached hydrogens (tertiary/aromatic N) is 5. The maximum Gasteiger partial charge on any atom is 0.326 e. The molecule has 0 saturated carbocycles. The molecule has 0 fully saturated rings. The first-order chi connectivity index (χ1) is 18.0. The number of aromatic amines is 1. The lowest BCUT2D eigenvalue weighted by atomic mass is 10.1. The van der Waals surface area contributed by atoms with E-state index in [0.717, 1.165) is 22.5 Å². The van der Waals surface area contributed by atoms with Gasteiger partial charge in [-0.2, -0.15) is 13.7 Å². The molecule has 0 radical (unpaired) electrons. The maximum absolute atomic E-state index is 14.1. The van der Waals surface area contributed by atoms with Crippen molar-refractivity contribution in [3.05, 3.63) is 126 Å². The first-order valence-corrected chi connectivity index (χ1v) is 13.2. The van der Waals surface area contributed by atoms with Crippen LogP contribution >= 0.6 is 0 Å². The quantitative estimate of drug-likeness (QED) is 0.393. The Morgan fingerprint density at radius 1 is 1.05 bits per heavy atom. The van der Waals surface area contributed by atoms with Crippen molar-refractivity contribution in [3.63, 3.8) is 0 Å². The zero-order chi connectivity index (χ0) is 25.8. The van der Waals surface area contributed by atoms with Crippen molar-refractivity contribution in [1.29, 1.82) is 5.26 Å². The number of rotatable bonds is 7. The molecule has 9 heteroatoms. The molecule has 4 aromatic rings. The number of anilines is 2. The number of allylic oxidation sites excluding steroid dienone is 1. The number of benzene rings is 3. The summed E-state index contributed by atoms with van der Waals surface area (Å²) in [5.41, 5.74) is 5.08. The van der Waals surface area contributed by atoms with Crippen LogP contribution in [0.25, 0.3) is 0 Å². The molecule has 0 unspecified atom stereocenters. The van der Waals surface area contributed by atoms with E-state index in [1.54, 1.807) is 43.8 Å². The van der Waals surface area contributed by atoms with Gasteiger partial charge in [-0.05, 0) is 41.5 Å². The third-order valence-corrected chi connectivity index (χ3v) is 8.15. The molecule has 1 aromatic heterocycles. The molecule has 1 aliphatic heterocycles. The van der Waals surface area contributed by atoms with E-state index in [9.17, 15) is 13.7 Å². The number of hydrogen-bond acceptors (Lipinski definition) is 5. The van der Waals surface area contributed by atoms with Crippen molar-refractivity contribution in [2.45, 2.75) is 19.5 Å². The molecular formula is C28H26N6O2S. The Hall–Kier alpha value is -4.55. The molecule has 0 atom stereocenters. The Kier molecular flexibility index (Phi) is 6.66. The highest BCUT2D eigenvalue weighted by atomic mass is 32.2. The topological polar surface area (TPSA) is 96.3 Å². The lowest BCUT2D eigenvalue weighted by molar-refractivity contribution is 0.465. The minimum atomic E-state index is -3.99. The van der Waals surface area contributed by atoms with Crippen LogP contribution in [-0.4, -0.2) is 29.7 Å². The SMILES string of the molecule is CN(c1ccccc1)S(=O)(=O)N1Cc2cc(C#N)ccc2N(Cc2cnc[nH]2)C=C1Cc1ccccc1. The van der Waals surface area contributed by atoms with Crippen LogP contribution in [0.3, 0.4) is 0 Å². The number of imidazole rings is 1. The van der Waals surface area contributed by atoms with Crippen molar-refractivity contribution in [2.24, 2.45) is 0 Å². The van der Waals surface area contributed by atoms with Gasteiger partial charge in [0.25, 0.3) is 0 Å². The second-order valence-corrected chi connectivity index (χ2v) is 10.6. The minimum absolute atomic E-state index is 0.0858. The summed E-state index contributed by atoms with van der Waals surface area (Å²) in [7, 11) is -2.43. The predicted octanol–water partition coefficient (Wildman–Crippen LogP) is 4.57. The van der Waals surface area contributed by atoms with E-state index in [-0.39, 0.29) is 6.54 Å². The molecule has 0 saturated heterocycles. The number of hydrogen-bond donors (Lipinski definition) is 1. The Morgan fingerprint density at radius 3 is 2.46 bits per heavy atom. The highest BCUT2D eigenvalue weighted by Crippen LogP contribution is 2.34. The van der Waals surface area contributed by atoms with Gasteiger partial charge in [-0.1, -0.05) is 48.5 Å². The maximum atomic E-state index is 14.1. The van der Waals surface area contributed by atoms with Gasteiger partial charge in [-0.15, -0.1) is 0 Å². The van der Waals surface area contributed by atoms with Crippen molar-refractivity contribution in [1.82, 2.24) is 14.3 Å². The fourth-order valence-corrected chi connectivity index (χ4v) is 5.80. The molecule has 0 bridgehead atoms. The molecule has 0 amide bonds. The standard InChI is InChI=1S/C28H26N6O2S/c1-32(26-10-6-3-7-11-26)37(35,36)34-18-24-14-23(16-29)12-13-28(24)33(19-25-17-30-21-31-25)20-27(34)15-22-8-4-2-5-9-22/h2-14,17,20-21H,15,18-19H2,1H3,(H,30,31). The van der Waals surface area contributed by atoms with Crippen molar-refractivity contribution in [3.8, 4) is 6.07 Å². The average molecular weight is 511 g/mol. The Labute approximate surface area is 216 Å². The van der Waals surface area contributed by atoms with E-state index in [4.69, 9.17) is 0 Å². The molecule has 2 heterocycles. The molecule has 37 heavy (non-hydrogen) atoms. The van der Waals surface area contributed by atoms with E-state index in [1.807, 2.05) is 65.7 Å². The zero-order valence-corrected chi connectivity index (χ0v) is 21.1. The fourth-order valence-electron chi connectivity index (χ4n) is 4.41. The summed E-state index contributed by atoms with van der Waals surface area (Å²) in [6, 6.07) is 26.4. The van der Waals surface area contributed by atoms with Gasteiger partial charge >= 0.3 is 10.2 Å². The average Bonchev–Trinajstić information content (AvgIpc) is 3.39. The second kappa shape index (κ2) is 10.2. The summed E-state index contributed by atoms with van der Waals surface area (Å²) >= 11 is 0. The summed E-state index contributed by atoms with van der Waals surface area (Å²) < 4.78 is 31.0. The van der Waals surface area contributed by atoms with Crippen molar-refractivity contribution < 1.29 is 8.42 Å². The molecule has 8 nitrogen and oxygen atoms in total. The van der Waals surface area contributed by atoms with Crippen LogP contribution in [0.2, 0.25) is 0 Å². The molecular weight excluding hydrogens is 484 g/mol. The lowest BCUT2D eigenvalue weighted by Crippen LogP contribution is -2.41. The third-order valence-electron chi connectivity index (χ3n) is 6.33. The third kappa shape index (κ3) is 5.06. The van der Waals surface area contributed by atoms with Gasteiger partial charge in [0.2, 0.25) is 0 Å². The van der Waals surface area contributed by atoms with E-state index in [0.29, 0.717) is 29.9 Å². The van der Waals surface area contributed by atoms with E-state index in [1.165, 1.54) is 8.61 Å². The molecule has 0 aliphatic carbocycles. The Bertz CT molecular complexity index is 1550. The summed E-state index contributed by atoms with van der Waals surface area (Å²) in [4.78, 5) is 9.28. The van der Waals surface area contributed by atoms with Gasteiger partial charge in [0.1, 0.15) is 0 Å². The molecule has 0 spiro atoms. The highest BCUT2D eigenvalue weighted by Gasteiger charge is 2.33. The van der Waals surface area contributed by atoms with Crippen LogP contribution in [0.4, 0.5) is 11.4 Å². The first-order valence-electron chi connectivity index (χ1n) is 11.8. The number of nitrogens with one attached hydrogen (secondary N) is 1. The minimum Gasteiger partial charge on any atom is -0.347 e. The first kappa shape index (κ1) is 24.2. The van der Waals surface area contributed by atoms with E-state index in [2.05, 4.69) is 16.0 Å². The number of fused-ring (bicyclic) bond motifs is 1. The van der Waals surface area contributed by atoms with Crippen LogP contribution in [0.5, 0.6) is 0 Å². The zero-order valence-electron chi connectivity index (χ0n) is 20.3. The number of H-pyrrole nitrogens is 1. The largest absolute Gasteiger partial charge is 0.347 e. The van der Waals surface area contributed by atoms with Crippen LogP contribution in [-0.2, 0) is 29.7 Å². The molecule has 186 valence electrons. The highest BCUT2D eigenvalue weighted by molar-refractivity contribution is 7.90. The number of para-hydroxylation sites is 1. The Morgan fingerprint density at radius 2 is 1.78 bits per heavy atom. The fraction of sp³-hybridized carbons (Fsp3) is 0.143. The van der Waals surface area contributed by atoms with Gasteiger partial charge < -0.3 is 9.88 Å². The van der Waals surface area contributed by atoms with Crippen LogP contribution < -0.4 is 9.21 Å². The van der Waals surface area contributed by atoms with E-state index >= 15 is 0 Å². The molecule has 1 aliphatic rings. The molecule has 1 N–H and O–H groups in total. The van der Waals surface area contributed by atoms with Crippen LogP contribution in [0.15, 0.2) is 103 Å². The summed E-state index contributed by atoms with van der Waals surface area (Å²) in [6.45, 7) is 0.544. The number of aromatic nitrogens is 2. The van der Waals surface area contributed by atoms with E-state index < -0.39 is 10.2 Å². The molecule has 5 rings (SSSR count). The summed E-state index contributed by atoms with van der Waals surface area (Å²) in [5.74, 6) is 0. The van der Waals surface area contributed by atoms with Crippen molar-refractivity contribution >= 4 is 21.6 Å². The van der Waals surface area contributed by atoms with Gasteiger partial charge in [0.15, 0.2) is 0 Å². The normalized spacial score (nSPS) is 13.4. The second-order valence-electron chi connectivity index (χ2n) is 8.76. The smallest absolute Gasteiger partial charge is 0.326 e. The summed E-state index contributed by atoms with van der Waals surface area (Å²) in [5, 5.41) is 9.56. The van der Waals surface area contributed by atoms with Crippen LogP contribution in [0.1, 0.15) is 22.4 Å². The number of nitriles is 1. The monoisotopic (exact) mass is 510 g/mol. The van der Waals surface area contributed by atoms with Crippen LogP contribution in [0, 0.1) is 11.3 Å².